The molecule has 0 fully saturated rings. The number of nitrogen functional groups attached to an aromatic ring is 1. The lowest BCUT2D eigenvalue weighted by molar-refractivity contribution is 0.406. The molecule has 0 amide bonds. The van der Waals surface area contributed by atoms with E-state index in [4.69, 9.17) is 10.5 Å². The number of halogens is 2. The minimum Gasteiger partial charge on any atom is -0.451 e. The molecule has 4 heteroatoms. The Balaban J connectivity index is 2.36. The number of hydrogen-bond donors (Lipinski definition) is 1. The van der Waals surface area contributed by atoms with E-state index in [1.165, 1.54) is 0 Å². The van der Waals surface area contributed by atoms with Crippen LogP contribution in [0.15, 0.2) is 36.4 Å². The Bertz CT molecular complexity index is 610. The Morgan fingerprint density at radius 1 is 1.00 bits per heavy atom. The zero-order valence-corrected chi connectivity index (χ0v) is 11.7. The Labute approximate surface area is 117 Å². The van der Waals surface area contributed by atoms with Crippen LogP contribution in [0.25, 0.3) is 0 Å². The fourth-order valence-electron chi connectivity index (χ4n) is 1.82. The first-order valence-corrected chi connectivity index (χ1v) is 6.30. The molecule has 0 bridgehead atoms. The van der Waals surface area contributed by atoms with Gasteiger partial charge >= 0.3 is 0 Å². The quantitative estimate of drug-likeness (QED) is 0.812. The molecule has 0 aliphatic carbocycles. The van der Waals surface area contributed by atoms with Crippen LogP contribution in [0.1, 0.15) is 26.3 Å². The first-order chi connectivity index (χ1) is 9.27. The van der Waals surface area contributed by atoms with Crippen LogP contribution < -0.4 is 10.5 Å². The van der Waals surface area contributed by atoms with E-state index in [-0.39, 0.29) is 11.1 Å². The molecule has 0 heterocycles. The van der Waals surface area contributed by atoms with Gasteiger partial charge in [0.2, 0.25) is 0 Å². The van der Waals surface area contributed by atoms with E-state index in [0.717, 1.165) is 17.7 Å². The highest BCUT2D eigenvalue weighted by molar-refractivity contribution is 5.46. The van der Waals surface area contributed by atoms with Crippen molar-refractivity contribution in [3.05, 3.63) is 53.6 Å². The molecule has 2 N–H and O–H groups in total. The number of nitrogens with two attached hydrogens (primary N) is 1. The van der Waals surface area contributed by atoms with Crippen molar-refractivity contribution in [2.75, 3.05) is 5.73 Å². The van der Waals surface area contributed by atoms with Crippen molar-refractivity contribution >= 4 is 5.69 Å². The van der Waals surface area contributed by atoms with E-state index in [2.05, 4.69) is 20.8 Å². The van der Waals surface area contributed by atoms with Crippen molar-refractivity contribution in [2.24, 2.45) is 0 Å². The summed E-state index contributed by atoms with van der Waals surface area (Å²) in [7, 11) is 0. The van der Waals surface area contributed by atoms with Crippen molar-refractivity contribution in [3.63, 3.8) is 0 Å². The number of rotatable bonds is 2. The van der Waals surface area contributed by atoms with Gasteiger partial charge in [-0.25, -0.2) is 8.78 Å². The van der Waals surface area contributed by atoms with E-state index in [9.17, 15) is 8.78 Å². The number of ether oxygens (including phenoxy) is 1. The summed E-state index contributed by atoms with van der Waals surface area (Å²) in [5.74, 6) is -1.68. The number of anilines is 1. The summed E-state index contributed by atoms with van der Waals surface area (Å²) in [4.78, 5) is 0. The number of hydrogen-bond acceptors (Lipinski definition) is 2. The Morgan fingerprint density at radius 3 is 2.15 bits per heavy atom. The molecule has 0 saturated heterocycles. The maximum atomic E-state index is 13.7. The van der Waals surface area contributed by atoms with Crippen molar-refractivity contribution in [2.45, 2.75) is 26.2 Å². The summed E-state index contributed by atoms with van der Waals surface area (Å²) in [5.41, 5.74) is 6.34. The summed E-state index contributed by atoms with van der Waals surface area (Å²) in [6, 6.07) is 9.24. The highest BCUT2D eigenvalue weighted by atomic mass is 19.1. The molecule has 2 aromatic rings. The van der Waals surface area contributed by atoms with Crippen LogP contribution in [0.5, 0.6) is 11.5 Å². The normalized spacial score (nSPS) is 11.4. The summed E-state index contributed by atoms with van der Waals surface area (Å²) in [5, 5.41) is 0. The van der Waals surface area contributed by atoms with Gasteiger partial charge in [0.25, 0.3) is 0 Å². The van der Waals surface area contributed by atoms with Gasteiger partial charge in [0.05, 0.1) is 0 Å². The third kappa shape index (κ3) is 3.07. The molecule has 106 valence electrons. The van der Waals surface area contributed by atoms with Gasteiger partial charge in [-0.2, -0.15) is 0 Å². The Morgan fingerprint density at radius 2 is 1.60 bits per heavy atom. The predicted octanol–water partition coefficient (Wildman–Crippen LogP) is 4.64. The molecule has 0 aliphatic heterocycles. The summed E-state index contributed by atoms with van der Waals surface area (Å²) < 4.78 is 32.7. The van der Waals surface area contributed by atoms with Crippen molar-refractivity contribution in [1.82, 2.24) is 0 Å². The molecular formula is C16H17F2NO. The van der Waals surface area contributed by atoms with Crippen LogP contribution in [0.2, 0.25) is 0 Å². The van der Waals surface area contributed by atoms with Crippen LogP contribution in [-0.4, -0.2) is 0 Å². The molecule has 2 nitrogen and oxygen atoms in total. The van der Waals surface area contributed by atoms with Gasteiger partial charge in [0.1, 0.15) is 5.75 Å². The van der Waals surface area contributed by atoms with Gasteiger partial charge in [-0.05, 0) is 23.1 Å². The SMILES string of the molecule is CC(C)(C)c1cccc(Oc2c(F)cc(N)cc2F)c1. The van der Waals surface area contributed by atoms with E-state index in [1.807, 2.05) is 6.07 Å². The molecule has 0 radical (unpaired) electrons. The smallest absolute Gasteiger partial charge is 0.198 e. The molecule has 0 unspecified atom stereocenters. The van der Waals surface area contributed by atoms with E-state index >= 15 is 0 Å². The third-order valence-corrected chi connectivity index (χ3v) is 2.94. The Hall–Kier alpha value is -2.10. The topological polar surface area (TPSA) is 35.2 Å². The van der Waals surface area contributed by atoms with Gasteiger partial charge in [0.15, 0.2) is 17.4 Å². The van der Waals surface area contributed by atoms with Crippen LogP contribution >= 0.6 is 0 Å². The molecule has 0 spiro atoms. The van der Waals surface area contributed by atoms with Gasteiger partial charge in [-0.15, -0.1) is 0 Å². The minimum absolute atomic E-state index is 0.0239. The van der Waals surface area contributed by atoms with Crippen LogP contribution in [-0.2, 0) is 5.41 Å². The molecule has 2 rings (SSSR count). The molecule has 0 aromatic heterocycles. The average molecular weight is 277 g/mol. The summed E-state index contributed by atoms with van der Waals surface area (Å²) in [6.45, 7) is 6.16. The van der Waals surface area contributed by atoms with Crippen LogP contribution in [0.3, 0.4) is 0 Å². The first kappa shape index (κ1) is 14.3. The number of benzene rings is 2. The standard InChI is InChI=1S/C16H17F2NO/c1-16(2,3)10-5-4-6-12(7-10)20-15-13(17)8-11(19)9-14(15)18/h4-9H,19H2,1-3H3. The predicted molar refractivity (Wildman–Crippen MR) is 76.0 cm³/mol. The van der Waals surface area contributed by atoms with Gasteiger partial charge < -0.3 is 10.5 Å². The van der Waals surface area contributed by atoms with E-state index in [0.29, 0.717) is 5.75 Å². The Kier molecular flexibility index (Phi) is 3.66. The van der Waals surface area contributed by atoms with Gasteiger partial charge in [-0.3, -0.25) is 0 Å². The molecule has 0 saturated carbocycles. The molecule has 20 heavy (non-hydrogen) atoms. The van der Waals surface area contributed by atoms with Gasteiger partial charge in [-0.1, -0.05) is 32.9 Å². The maximum Gasteiger partial charge on any atom is 0.198 e. The average Bonchev–Trinajstić information content (AvgIpc) is 2.33. The largest absolute Gasteiger partial charge is 0.451 e. The lowest BCUT2D eigenvalue weighted by atomic mass is 9.87. The molecule has 0 aliphatic rings. The highest BCUT2D eigenvalue weighted by Gasteiger charge is 2.16. The lowest BCUT2D eigenvalue weighted by Gasteiger charge is -2.19. The van der Waals surface area contributed by atoms with Crippen LogP contribution in [0.4, 0.5) is 14.5 Å². The monoisotopic (exact) mass is 277 g/mol. The second-order valence-corrected chi connectivity index (χ2v) is 5.69. The lowest BCUT2D eigenvalue weighted by Crippen LogP contribution is -2.10. The van der Waals surface area contributed by atoms with Crippen LogP contribution in [0, 0.1) is 11.6 Å². The summed E-state index contributed by atoms with van der Waals surface area (Å²) in [6.07, 6.45) is 0. The summed E-state index contributed by atoms with van der Waals surface area (Å²) >= 11 is 0. The van der Waals surface area contributed by atoms with Crippen molar-refractivity contribution in [3.8, 4) is 11.5 Å². The minimum atomic E-state index is -0.816. The van der Waals surface area contributed by atoms with Gasteiger partial charge in [0, 0.05) is 17.8 Å². The third-order valence-electron chi connectivity index (χ3n) is 2.94. The van der Waals surface area contributed by atoms with Crippen molar-refractivity contribution in [1.29, 1.82) is 0 Å². The molecule has 0 atom stereocenters. The fraction of sp³-hybridized carbons (Fsp3) is 0.250. The highest BCUT2D eigenvalue weighted by Crippen LogP contribution is 2.32. The zero-order chi connectivity index (χ0) is 14.9. The maximum absolute atomic E-state index is 13.7. The van der Waals surface area contributed by atoms with E-state index < -0.39 is 17.4 Å². The van der Waals surface area contributed by atoms with Crippen molar-refractivity contribution < 1.29 is 13.5 Å². The first-order valence-electron chi connectivity index (χ1n) is 6.30. The second-order valence-electron chi connectivity index (χ2n) is 5.69. The van der Waals surface area contributed by atoms with E-state index in [1.54, 1.807) is 18.2 Å². The fourth-order valence-corrected chi connectivity index (χ4v) is 1.82. The molecule has 2 aromatic carbocycles. The second kappa shape index (κ2) is 5.12. The molecular weight excluding hydrogens is 260 g/mol. The zero-order valence-electron chi connectivity index (χ0n) is 11.7.